The van der Waals surface area contributed by atoms with Crippen molar-refractivity contribution in [3.05, 3.63) is 32.4 Å². The summed E-state index contributed by atoms with van der Waals surface area (Å²) >= 11 is 0. The van der Waals surface area contributed by atoms with Gasteiger partial charge in [0, 0.05) is 26.0 Å². The molecule has 12 nitrogen and oxygen atoms in total. The van der Waals surface area contributed by atoms with Crippen molar-refractivity contribution >= 4 is 23.6 Å². The van der Waals surface area contributed by atoms with Gasteiger partial charge < -0.3 is 20.2 Å². The van der Waals surface area contributed by atoms with Crippen molar-refractivity contribution < 1.29 is 29.1 Å². The van der Waals surface area contributed by atoms with E-state index in [2.05, 4.69) is 20.0 Å². The van der Waals surface area contributed by atoms with Crippen LogP contribution in [0, 0.1) is 20.2 Å². The Labute approximate surface area is 110 Å². The molecule has 0 unspecified atom stereocenters. The van der Waals surface area contributed by atoms with E-state index in [9.17, 15) is 29.8 Å². The van der Waals surface area contributed by atoms with Gasteiger partial charge >= 0.3 is 23.6 Å². The monoisotopic (exact) mass is 288 g/mol. The number of hydrogen-bond donors (Lipinski definition) is 0. The van der Waals surface area contributed by atoms with Crippen LogP contribution in [-0.4, -0.2) is 33.5 Å². The van der Waals surface area contributed by atoms with Gasteiger partial charge in [-0.05, 0) is 9.85 Å². The van der Waals surface area contributed by atoms with Gasteiger partial charge in [-0.3, -0.25) is 0 Å². The van der Waals surface area contributed by atoms with Gasteiger partial charge in [0.2, 0.25) is 0 Å². The summed E-state index contributed by atoms with van der Waals surface area (Å²) in [6, 6.07) is 0. The predicted molar refractivity (Wildman–Crippen MR) is 61.5 cm³/mol. The molecule has 0 saturated heterocycles. The van der Waals surface area contributed by atoms with Gasteiger partial charge in [0.1, 0.15) is 0 Å². The number of rotatable bonds is 4. The fraction of sp³-hybridized carbons (Fsp3) is 0.250. The summed E-state index contributed by atoms with van der Waals surface area (Å²) in [7, 11) is 0. The van der Waals surface area contributed by atoms with E-state index in [1.165, 1.54) is 0 Å². The van der Waals surface area contributed by atoms with Crippen molar-refractivity contribution in [2.75, 3.05) is 0 Å². The van der Waals surface area contributed by atoms with Crippen LogP contribution in [0.3, 0.4) is 0 Å². The van der Waals surface area contributed by atoms with Crippen LogP contribution in [0.2, 0.25) is 0 Å². The number of hydrogen-bond acceptors (Lipinski definition) is 10. The van der Waals surface area contributed by atoms with Crippen molar-refractivity contribution in [1.82, 2.24) is 0 Å². The van der Waals surface area contributed by atoms with Crippen LogP contribution < -0.4 is 0 Å². The SMILES string of the molecule is CC(=O)O\N=C(/C=C/C(=N\OC(C)=O)[N+](=O)[O-])[N+](=O)[O-]. The maximum atomic E-state index is 10.5. The largest absolute Gasteiger partial charge is 0.410 e. The van der Waals surface area contributed by atoms with Crippen LogP contribution in [0.5, 0.6) is 0 Å². The van der Waals surface area contributed by atoms with E-state index in [0.29, 0.717) is 12.2 Å². The lowest BCUT2D eigenvalue weighted by Crippen LogP contribution is -2.14. The molecule has 0 aromatic heterocycles. The van der Waals surface area contributed by atoms with Gasteiger partial charge in [0.25, 0.3) is 0 Å². The van der Waals surface area contributed by atoms with Crippen molar-refractivity contribution in [2.45, 2.75) is 13.8 Å². The molecule has 0 N–H and O–H groups in total. The Balaban J connectivity index is 5.15. The molecule has 0 rings (SSSR count). The normalized spacial score (nSPS) is 12.1. The van der Waals surface area contributed by atoms with Gasteiger partial charge in [0.15, 0.2) is 10.3 Å². The lowest BCUT2D eigenvalue weighted by atomic mass is 10.4. The molecule has 0 amide bonds. The molecule has 0 atom stereocenters. The lowest BCUT2D eigenvalue weighted by molar-refractivity contribution is -0.352. The van der Waals surface area contributed by atoms with Crippen LogP contribution in [0.25, 0.3) is 0 Å². The molecule has 0 aliphatic rings. The summed E-state index contributed by atoms with van der Waals surface area (Å²) in [6.07, 6.45) is 1.10. The highest BCUT2D eigenvalue weighted by Gasteiger charge is 2.16. The van der Waals surface area contributed by atoms with E-state index in [-0.39, 0.29) is 0 Å². The molecule has 0 aliphatic carbocycles. The number of carbonyl (C=O) groups is 2. The Kier molecular flexibility index (Phi) is 6.74. The number of nitrogens with zero attached hydrogens (tertiary/aromatic N) is 4. The zero-order valence-corrected chi connectivity index (χ0v) is 10.2. The number of nitro groups is 2. The molecule has 0 heterocycles. The first-order valence-corrected chi connectivity index (χ1v) is 4.72. The average Bonchev–Trinajstić information content (AvgIpc) is 2.30. The molecule has 108 valence electrons. The van der Waals surface area contributed by atoms with Gasteiger partial charge in [0.05, 0.1) is 0 Å². The summed E-state index contributed by atoms with van der Waals surface area (Å²) in [5.74, 6) is -3.81. The van der Waals surface area contributed by atoms with Crippen LogP contribution in [-0.2, 0) is 19.3 Å². The highest BCUT2D eigenvalue weighted by atomic mass is 16.7. The molecule has 0 spiro atoms. The molecule has 20 heavy (non-hydrogen) atoms. The van der Waals surface area contributed by atoms with Crippen molar-refractivity contribution in [1.29, 1.82) is 0 Å². The third-order valence-corrected chi connectivity index (χ3v) is 1.29. The van der Waals surface area contributed by atoms with Gasteiger partial charge in [-0.15, -0.1) is 0 Å². The van der Waals surface area contributed by atoms with Crippen LogP contribution in [0.15, 0.2) is 22.5 Å². The molecule has 0 fully saturated rings. The minimum absolute atomic E-state index is 0.550. The topological polar surface area (TPSA) is 164 Å². The fourth-order valence-electron chi connectivity index (χ4n) is 0.620. The molecular formula is C8H8N4O8. The molecule has 12 heteroatoms. The maximum Gasteiger partial charge on any atom is 0.410 e. The number of carbonyl (C=O) groups excluding carboxylic acids is 2. The second-order valence-corrected chi connectivity index (χ2v) is 2.91. The smallest absolute Gasteiger partial charge is 0.358 e. The Morgan fingerprint density at radius 2 is 1.20 bits per heavy atom. The highest BCUT2D eigenvalue weighted by molar-refractivity contribution is 5.95. The van der Waals surface area contributed by atoms with E-state index >= 15 is 0 Å². The first-order chi connectivity index (χ1) is 9.23. The molecular weight excluding hydrogens is 280 g/mol. The van der Waals surface area contributed by atoms with Crippen LogP contribution >= 0.6 is 0 Å². The van der Waals surface area contributed by atoms with E-state index in [1.54, 1.807) is 0 Å². The first kappa shape index (κ1) is 16.8. The molecule has 0 aromatic rings. The van der Waals surface area contributed by atoms with Crippen molar-refractivity contribution in [3.8, 4) is 0 Å². The highest BCUT2D eigenvalue weighted by Crippen LogP contribution is 1.92. The Morgan fingerprint density at radius 3 is 1.40 bits per heavy atom. The Morgan fingerprint density at radius 1 is 0.900 bits per heavy atom. The third kappa shape index (κ3) is 7.21. The number of oxime groups is 2. The van der Waals surface area contributed by atoms with Crippen molar-refractivity contribution in [3.63, 3.8) is 0 Å². The second-order valence-electron chi connectivity index (χ2n) is 2.91. The predicted octanol–water partition coefficient (Wildman–Crippen LogP) is -0.151. The summed E-state index contributed by atoms with van der Waals surface area (Å²) in [4.78, 5) is 47.8. The summed E-state index contributed by atoms with van der Waals surface area (Å²) < 4.78 is 0. The number of amidine groups is 2. The fourth-order valence-corrected chi connectivity index (χ4v) is 0.620. The average molecular weight is 288 g/mol. The minimum Gasteiger partial charge on any atom is -0.358 e. The molecule has 0 aliphatic heterocycles. The molecule has 0 bridgehead atoms. The molecule has 0 saturated carbocycles. The summed E-state index contributed by atoms with van der Waals surface area (Å²) in [5.41, 5.74) is 0. The zero-order chi connectivity index (χ0) is 15.7. The maximum absolute atomic E-state index is 10.5. The summed E-state index contributed by atoms with van der Waals surface area (Å²) in [5, 5.41) is 26.7. The Bertz CT molecular complexity index is 475. The summed E-state index contributed by atoms with van der Waals surface area (Å²) in [6.45, 7) is 1.91. The lowest BCUT2D eigenvalue weighted by Gasteiger charge is -1.91. The van der Waals surface area contributed by atoms with E-state index < -0.39 is 33.5 Å². The molecule has 0 aromatic carbocycles. The van der Waals surface area contributed by atoms with E-state index in [1.807, 2.05) is 0 Å². The van der Waals surface area contributed by atoms with Gasteiger partial charge in [-0.2, -0.15) is 0 Å². The minimum atomic E-state index is -1.05. The Hall–Kier alpha value is -3.18. The van der Waals surface area contributed by atoms with Gasteiger partial charge in [-0.1, -0.05) is 0 Å². The second kappa shape index (κ2) is 8.02. The third-order valence-electron chi connectivity index (χ3n) is 1.29. The van der Waals surface area contributed by atoms with E-state index in [0.717, 1.165) is 13.8 Å². The quantitative estimate of drug-likeness (QED) is 0.226. The van der Waals surface area contributed by atoms with Crippen LogP contribution in [0.4, 0.5) is 0 Å². The van der Waals surface area contributed by atoms with Crippen molar-refractivity contribution in [2.24, 2.45) is 10.3 Å². The standard InChI is InChI=1S/C8H8N4O8/c1-5(13)19-9-7(11(15)16)3-4-8(12(17)18)10-20-6(2)14/h3-4H,1-2H3/b4-3+,9-7+,10-8+. The van der Waals surface area contributed by atoms with Gasteiger partial charge in [-0.25, -0.2) is 19.3 Å². The first-order valence-electron chi connectivity index (χ1n) is 4.72. The zero-order valence-electron chi connectivity index (χ0n) is 10.2. The van der Waals surface area contributed by atoms with Crippen LogP contribution in [0.1, 0.15) is 13.8 Å². The van der Waals surface area contributed by atoms with E-state index in [4.69, 9.17) is 0 Å². The molecule has 0 radical (unpaired) electrons.